The molecule has 2 aliphatic rings. The fourth-order valence-corrected chi connectivity index (χ4v) is 4.27. The molecule has 2 aliphatic heterocycles. The van der Waals surface area contributed by atoms with Crippen molar-refractivity contribution in [1.82, 2.24) is 10.2 Å². The Bertz CT molecular complexity index is 948. The summed E-state index contributed by atoms with van der Waals surface area (Å²) in [6.45, 7) is 2.76. The maximum atomic E-state index is 15.1. The predicted molar refractivity (Wildman–Crippen MR) is 117 cm³/mol. The molecule has 0 bridgehead atoms. The molecule has 0 spiro atoms. The summed E-state index contributed by atoms with van der Waals surface area (Å²) in [4.78, 5) is 14.2. The molecule has 0 unspecified atom stereocenters. The molecule has 1 fully saturated rings. The number of carbonyl (C=O) groups excluding carboxylic acids is 1. The highest BCUT2D eigenvalue weighted by Gasteiger charge is 2.35. The minimum Gasteiger partial charge on any atom is -0.492 e. The first-order valence-electron chi connectivity index (χ1n) is 10.6. The van der Waals surface area contributed by atoms with Crippen LogP contribution in [0.4, 0.5) is 14.5 Å². The zero-order valence-electron chi connectivity index (χ0n) is 17.2. The minimum atomic E-state index is -1.37. The van der Waals surface area contributed by atoms with Crippen molar-refractivity contribution < 1.29 is 18.3 Å². The van der Waals surface area contributed by atoms with Gasteiger partial charge in [-0.15, -0.1) is 0 Å². The van der Waals surface area contributed by atoms with Crippen molar-refractivity contribution in [3.8, 4) is 5.75 Å². The second kappa shape index (κ2) is 9.40. The Labute approximate surface area is 185 Å². The van der Waals surface area contributed by atoms with Crippen LogP contribution in [0.25, 0.3) is 0 Å². The van der Waals surface area contributed by atoms with Gasteiger partial charge in [-0.3, -0.25) is 4.79 Å². The van der Waals surface area contributed by atoms with Crippen LogP contribution in [0.1, 0.15) is 28.8 Å². The molecule has 1 amide bonds. The van der Waals surface area contributed by atoms with E-state index in [1.54, 1.807) is 4.90 Å². The number of halogens is 3. The molecule has 2 aromatic rings. The Morgan fingerprint density at radius 3 is 2.84 bits per heavy atom. The van der Waals surface area contributed by atoms with Crippen LogP contribution in [-0.2, 0) is 6.42 Å². The molecule has 8 heteroatoms. The van der Waals surface area contributed by atoms with Crippen LogP contribution in [0.5, 0.6) is 5.75 Å². The number of carbonyl (C=O) groups is 1. The van der Waals surface area contributed by atoms with Crippen LogP contribution in [0.15, 0.2) is 36.4 Å². The van der Waals surface area contributed by atoms with E-state index < -0.39 is 11.5 Å². The maximum Gasteiger partial charge on any atom is 0.253 e. The van der Waals surface area contributed by atoms with Gasteiger partial charge in [0.25, 0.3) is 5.91 Å². The number of benzene rings is 2. The Hall–Kier alpha value is -2.38. The van der Waals surface area contributed by atoms with E-state index in [0.29, 0.717) is 31.8 Å². The molecule has 5 nitrogen and oxygen atoms in total. The molecule has 0 radical (unpaired) electrons. The monoisotopic (exact) mass is 449 g/mol. The number of ether oxygens (including phenoxy) is 1. The van der Waals surface area contributed by atoms with Crippen LogP contribution >= 0.6 is 11.6 Å². The van der Waals surface area contributed by atoms with Gasteiger partial charge in [-0.2, -0.15) is 0 Å². The second-order valence-corrected chi connectivity index (χ2v) is 8.46. The summed E-state index contributed by atoms with van der Waals surface area (Å²) in [7, 11) is 0. The van der Waals surface area contributed by atoms with E-state index in [9.17, 15) is 9.18 Å². The number of hydrogen-bond donors (Lipinski definition) is 2. The molecule has 0 atom stereocenters. The number of nitrogens with zero attached hydrogens (tertiary/aromatic N) is 1. The lowest BCUT2D eigenvalue weighted by atomic mass is 9.93. The molecule has 0 aromatic heterocycles. The largest absolute Gasteiger partial charge is 0.492 e. The van der Waals surface area contributed by atoms with Gasteiger partial charge < -0.3 is 20.3 Å². The summed E-state index contributed by atoms with van der Waals surface area (Å²) in [5.41, 5.74) is 1.27. The molecular formula is C23H26ClF2N3O2. The number of fused-ring (bicyclic) bond motifs is 1. The van der Waals surface area contributed by atoms with Crippen LogP contribution < -0.4 is 15.4 Å². The van der Waals surface area contributed by atoms with Crippen molar-refractivity contribution in [1.29, 1.82) is 0 Å². The van der Waals surface area contributed by atoms with Crippen molar-refractivity contribution in [2.75, 3.05) is 44.6 Å². The third kappa shape index (κ3) is 5.10. The molecule has 2 aromatic carbocycles. The second-order valence-electron chi connectivity index (χ2n) is 8.06. The van der Waals surface area contributed by atoms with Crippen molar-refractivity contribution in [3.63, 3.8) is 0 Å². The smallest absolute Gasteiger partial charge is 0.253 e. The number of rotatable bonds is 7. The molecule has 4 rings (SSSR count). The number of piperidine rings is 1. The Morgan fingerprint density at radius 2 is 2.06 bits per heavy atom. The van der Waals surface area contributed by atoms with Crippen LogP contribution in [0.3, 0.4) is 0 Å². The number of anilines is 1. The predicted octanol–water partition coefficient (Wildman–Crippen LogP) is 4.06. The number of amides is 1. The molecule has 2 heterocycles. The topological polar surface area (TPSA) is 53.6 Å². The Kier molecular flexibility index (Phi) is 6.62. The molecule has 1 saturated heterocycles. The zero-order valence-corrected chi connectivity index (χ0v) is 18.0. The van der Waals surface area contributed by atoms with E-state index in [2.05, 4.69) is 10.6 Å². The highest BCUT2D eigenvalue weighted by molar-refractivity contribution is 6.31. The highest BCUT2D eigenvalue weighted by atomic mass is 35.5. The molecular weight excluding hydrogens is 424 g/mol. The zero-order chi connectivity index (χ0) is 21.8. The first-order chi connectivity index (χ1) is 15.0. The summed E-state index contributed by atoms with van der Waals surface area (Å²) in [5.74, 6) is 0.0603. The average molecular weight is 450 g/mol. The maximum absolute atomic E-state index is 15.1. The van der Waals surface area contributed by atoms with Crippen molar-refractivity contribution in [3.05, 3.63) is 58.4 Å². The van der Waals surface area contributed by atoms with Gasteiger partial charge in [-0.05, 0) is 36.8 Å². The van der Waals surface area contributed by atoms with Crippen molar-refractivity contribution >= 4 is 23.2 Å². The summed E-state index contributed by atoms with van der Waals surface area (Å²) in [6.07, 6.45) is 1.45. The lowest BCUT2D eigenvalue weighted by Crippen LogP contribution is -2.49. The first-order valence-corrected chi connectivity index (χ1v) is 11.0. The highest BCUT2D eigenvalue weighted by Crippen LogP contribution is 2.31. The minimum absolute atomic E-state index is 0.0918. The van der Waals surface area contributed by atoms with E-state index >= 15 is 4.39 Å². The van der Waals surface area contributed by atoms with E-state index in [0.717, 1.165) is 24.4 Å². The van der Waals surface area contributed by atoms with Crippen molar-refractivity contribution in [2.45, 2.75) is 24.9 Å². The van der Waals surface area contributed by atoms with Gasteiger partial charge in [-0.25, -0.2) is 8.78 Å². The first kappa shape index (κ1) is 21.8. The molecule has 166 valence electrons. The lowest BCUT2D eigenvalue weighted by Gasteiger charge is -2.36. The lowest BCUT2D eigenvalue weighted by molar-refractivity contribution is 0.0433. The Balaban J connectivity index is 1.20. The van der Waals surface area contributed by atoms with E-state index in [1.165, 1.54) is 23.8 Å². The summed E-state index contributed by atoms with van der Waals surface area (Å²) in [6, 6.07) is 9.86. The van der Waals surface area contributed by atoms with Gasteiger partial charge in [0.15, 0.2) is 0 Å². The van der Waals surface area contributed by atoms with Crippen molar-refractivity contribution in [2.24, 2.45) is 0 Å². The van der Waals surface area contributed by atoms with E-state index in [-0.39, 0.29) is 30.3 Å². The summed E-state index contributed by atoms with van der Waals surface area (Å²) >= 11 is 5.76. The van der Waals surface area contributed by atoms with Gasteiger partial charge in [0.1, 0.15) is 23.8 Å². The molecule has 2 N–H and O–H groups in total. The van der Waals surface area contributed by atoms with Crippen LogP contribution in [0, 0.1) is 5.82 Å². The fraction of sp³-hybridized carbons (Fsp3) is 0.435. The van der Waals surface area contributed by atoms with Gasteiger partial charge >= 0.3 is 0 Å². The molecule has 31 heavy (non-hydrogen) atoms. The van der Waals surface area contributed by atoms with E-state index in [1.807, 2.05) is 18.2 Å². The summed E-state index contributed by atoms with van der Waals surface area (Å²) < 4.78 is 34.3. The quantitative estimate of drug-likeness (QED) is 0.626. The van der Waals surface area contributed by atoms with E-state index in [4.69, 9.17) is 16.3 Å². The third-order valence-electron chi connectivity index (χ3n) is 5.92. The van der Waals surface area contributed by atoms with Gasteiger partial charge in [0, 0.05) is 62.4 Å². The van der Waals surface area contributed by atoms with Gasteiger partial charge in [0.2, 0.25) is 0 Å². The number of hydrogen-bond acceptors (Lipinski definition) is 4. The van der Waals surface area contributed by atoms with Crippen LogP contribution in [-0.4, -0.2) is 55.8 Å². The average Bonchev–Trinajstić information content (AvgIpc) is 3.25. The number of nitrogens with one attached hydrogen (secondary N) is 2. The van der Waals surface area contributed by atoms with Gasteiger partial charge in [0.05, 0.1) is 5.02 Å². The summed E-state index contributed by atoms with van der Waals surface area (Å²) in [5, 5.41) is 6.37. The standard InChI is InChI=1S/C23H26ClF2N3O2/c24-18-14-16(4-5-19(18)25)22(30)29-11-7-23(26,8-12-29)15-27-10-13-31-21-3-1-2-20-17(21)6-9-28-20/h1-5,14,27-28H,6-13,15H2. The number of alkyl halides is 1. The fourth-order valence-electron chi connectivity index (χ4n) is 4.09. The van der Waals surface area contributed by atoms with Gasteiger partial charge in [-0.1, -0.05) is 17.7 Å². The molecule has 0 aliphatic carbocycles. The SMILES string of the molecule is O=C(c1ccc(F)c(Cl)c1)N1CCC(F)(CNCCOc2cccc3c2CCN3)CC1. The molecule has 0 saturated carbocycles. The number of likely N-dealkylation sites (tertiary alicyclic amines) is 1. The normalized spacial score (nSPS) is 17.2. The Morgan fingerprint density at radius 1 is 1.26 bits per heavy atom. The van der Waals surface area contributed by atoms with Crippen LogP contribution in [0.2, 0.25) is 5.02 Å². The third-order valence-corrected chi connectivity index (χ3v) is 6.20.